The number of rotatable bonds is 4. The van der Waals surface area contributed by atoms with Gasteiger partial charge >= 0.3 is 0 Å². The highest BCUT2D eigenvalue weighted by molar-refractivity contribution is 9.10. The van der Waals surface area contributed by atoms with E-state index < -0.39 is 0 Å². The Morgan fingerprint density at radius 3 is 0.895 bits per heavy atom. The normalized spacial score (nSPS) is 10.6. The van der Waals surface area contributed by atoms with Crippen molar-refractivity contribution in [3.05, 3.63) is 106 Å². The standard InChI is InChI=1S/C14H8Br2N2O.C14H12N4O/c2*15-11-5-1-9(2-6-11)13-17-18-14(19-13)10-3-7-12(16)8-4-10/h1-8H;1-8H,15-16H2. The van der Waals surface area contributed by atoms with Crippen LogP contribution in [0.15, 0.2) is 115 Å². The number of aromatic nitrogens is 4. The monoisotopic (exact) mass is 630 g/mol. The van der Waals surface area contributed by atoms with Crippen LogP contribution in [0.2, 0.25) is 0 Å². The number of hydrogen-bond acceptors (Lipinski definition) is 8. The first-order chi connectivity index (χ1) is 18.4. The van der Waals surface area contributed by atoms with E-state index in [0.717, 1.165) is 31.2 Å². The SMILES string of the molecule is Brc1ccc(-c2nnc(-c3ccc(Br)cc3)o2)cc1.Nc1ccc(-c2nnc(-c3ccc(N)cc3)o2)cc1. The van der Waals surface area contributed by atoms with Crippen molar-refractivity contribution in [1.82, 2.24) is 20.4 Å². The Balaban J connectivity index is 0.000000155. The van der Waals surface area contributed by atoms with Gasteiger partial charge in [0.2, 0.25) is 23.6 Å². The van der Waals surface area contributed by atoms with Crippen LogP contribution >= 0.6 is 31.9 Å². The molecule has 0 aliphatic rings. The van der Waals surface area contributed by atoms with Crippen LogP contribution in [-0.2, 0) is 0 Å². The maximum Gasteiger partial charge on any atom is 0.248 e. The molecule has 4 N–H and O–H groups in total. The maximum absolute atomic E-state index is 5.68. The Bertz CT molecular complexity index is 1380. The van der Waals surface area contributed by atoms with E-state index in [1.165, 1.54) is 0 Å². The average Bonchev–Trinajstić information content (AvgIpc) is 3.62. The zero-order chi connectivity index (χ0) is 26.5. The molecule has 0 aliphatic carbocycles. The first-order valence-corrected chi connectivity index (χ1v) is 12.9. The molecule has 6 rings (SSSR count). The van der Waals surface area contributed by atoms with Gasteiger partial charge in [-0.15, -0.1) is 20.4 Å². The molecule has 0 amide bonds. The molecule has 0 bridgehead atoms. The van der Waals surface area contributed by atoms with E-state index >= 15 is 0 Å². The van der Waals surface area contributed by atoms with Crippen LogP contribution in [0.3, 0.4) is 0 Å². The topological polar surface area (TPSA) is 130 Å². The van der Waals surface area contributed by atoms with Gasteiger partial charge in [-0.25, -0.2) is 0 Å². The highest BCUT2D eigenvalue weighted by Crippen LogP contribution is 2.26. The van der Waals surface area contributed by atoms with Crippen LogP contribution in [0.25, 0.3) is 45.8 Å². The molecule has 0 fully saturated rings. The number of anilines is 2. The molecule has 2 heterocycles. The van der Waals surface area contributed by atoms with E-state index in [1.807, 2.05) is 72.8 Å². The van der Waals surface area contributed by atoms with Gasteiger partial charge < -0.3 is 20.3 Å². The Hall–Kier alpha value is -4.28. The van der Waals surface area contributed by atoms with Crippen molar-refractivity contribution in [2.45, 2.75) is 0 Å². The quantitative estimate of drug-likeness (QED) is 0.191. The third kappa shape index (κ3) is 6.16. The van der Waals surface area contributed by atoms with Crippen LogP contribution in [0, 0.1) is 0 Å². The van der Waals surface area contributed by atoms with Crippen LogP contribution in [0.5, 0.6) is 0 Å². The van der Waals surface area contributed by atoms with Gasteiger partial charge in [0.25, 0.3) is 0 Å². The summed E-state index contributed by atoms with van der Waals surface area (Å²) < 4.78 is 13.3. The highest BCUT2D eigenvalue weighted by Gasteiger charge is 2.11. The molecule has 8 nitrogen and oxygen atoms in total. The molecular weight excluding hydrogens is 612 g/mol. The van der Waals surface area contributed by atoms with Crippen LogP contribution in [0.1, 0.15) is 0 Å². The first-order valence-electron chi connectivity index (χ1n) is 11.4. The Kier molecular flexibility index (Phi) is 7.62. The lowest BCUT2D eigenvalue weighted by molar-refractivity contribution is 0.584. The number of benzene rings is 4. The second kappa shape index (κ2) is 11.4. The van der Waals surface area contributed by atoms with Crippen molar-refractivity contribution in [1.29, 1.82) is 0 Å². The van der Waals surface area contributed by atoms with Crippen LogP contribution < -0.4 is 11.5 Å². The summed E-state index contributed by atoms with van der Waals surface area (Å²) in [5.74, 6) is 1.97. The highest BCUT2D eigenvalue weighted by atomic mass is 79.9. The summed E-state index contributed by atoms with van der Waals surface area (Å²) in [7, 11) is 0. The Morgan fingerprint density at radius 1 is 0.395 bits per heavy atom. The first kappa shape index (κ1) is 25.4. The third-order valence-electron chi connectivity index (χ3n) is 5.35. The molecular formula is C28H20Br2N6O2. The largest absolute Gasteiger partial charge is 0.416 e. The minimum Gasteiger partial charge on any atom is -0.416 e. The zero-order valence-corrected chi connectivity index (χ0v) is 22.9. The lowest BCUT2D eigenvalue weighted by Crippen LogP contribution is -1.83. The van der Waals surface area contributed by atoms with Gasteiger partial charge in [-0.2, -0.15) is 0 Å². The fraction of sp³-hybridized carbons (Fsp3) is 0. The molecule has 0 radical (unpaired) electrons. The lowest BCUT2D eigenvalue weighted by atomic mass is 10.2. The van der Waals surface area contributed by atoms with Crippen molar-refractivity contribution in [3.8, 4) is 45.8 Å². The predicted octanol–water partition coefficient (Wildman–Crippen LogP) is 7.50. The molecule has 38 heavy (non-hydrogen) atoms. The van der Waals surface area contributed by atoms with Gasteiger partial charge in [0.15, 0.2) is 0 Å². The fourth-order valence-electron chi connectivity index (χ4n) is 3.35. The summed E-state index contributed by atoms with van der Waals surface area (Å²) in [6.07, 6.45) is 0. The fourth-order valence-corrected chi connectivity index (χ4v) is 3.88. The Labute approximate surface area is 235 Å². The lowest BCUT2D eigenvalue weighted by Gasteiger charge is -1.96. The van der Waals surface area contributed by atoms with Crippen molar-refractivity contribution in [2.75, 3.05) is 11.5 Å². The van der Waals surface area contributed by atoms with Gasteiger partial charge in [0, 0.05) is 42.6 Å². The molecule has 2 aromatic heterocycles. The Morgan fingerprint density at radius 2 is 0.632 bits per heavy atom. The molecule has 0 saturated carbocycles. The molecule has 6 aromatic rings. The van der Waals surface area contributed by atoms with Crippen molar-refractivity contribution in [3.63, 3.8) is 0 Å². The third-order valence-corrected chi connectivity index (χ3v) is 6.40. The molecule has 188 valence electrons. The van der Waals surface area contributed by atoms with Gasteiger partial charge in [0.05, 0.1) is 0 Å². The van der Waals surface area contributed by atoms with Gasteiger partial charge in [-0.1, -0.05) is 31.9 Å². The number of nitrogens with two attached hydrogens (primary N) is 2. The van der Waals surface area contributed by atoms with Crippen molar-refractivity contribution < 1.29 is 8.83 Å². The molecule has 0 spiro atoms. The smallest absolute Gasteiger partial charge is 0.248 e. The molecule has 0 aliphatic heterocycles. The maximum atomic E-state index is 5.68. The number of halogens is 2. The molecule has 0 atom stereocenters. The summed E-state index contributed by atoms with van der Waals surface area (Å²) in [5, 5.41) is 16.2. The summed E-state index contributed by atoms with van der Waals surface area (Å²) >= 11 is 6.79. The van der Waals surface area contributed by atoms with E-state index in [1.54, 1.807) is 24.3 Å². The van der Waals surface area contributed by atoms with Gasteiger partial charge in [-0.3, -0.25) is 0 Å². The van der Waals surface area contributed by atoms with E-state index in [2.05, 4.69) is 52.3 Å². The summed E-state index contributed by atoms with van der Waals surface area (Å²) in [4.78, 5) is 0. The predicted molar refractivity (Wildman–Crippen MR) is 155 cm³/mol. The molecule has 4 aromatic carbocycles. The number of hydrogen-bond donors (Lipinski definition) is 2. The summed E-state index contributed by atoms with van der Waals surface area (Å²) in [6.45, 7) is 0. The second-order valence-corrected chi connectivity index (χ2v) is 9.91. The average molecular weight is 632 g/mol. The minimum atomic E-state index is 0.465. The summed E-state index contributed by atoms with van der Waals surface area (Å²) in [5.41, 5.74) is 16.1. The summed E-state index contributed by atoms with van der Waals surface area (Å²) in [6, 6.07) is 30.1. The molecule has 0 unspecified atom stereocenters. The van der Waals surface area contributed by atoms with Gasteiger partial charge in [-0.05, 0) is 97.1 Å². The van der Waals surface area contributed by atoms with E-state index in [9.17, 15) is 0 Å². The second-order valence-electron chi connectivity index (χ2n) is 8.08. The van der Waals surface area contributed by atoms with Crippen LogP contribution in [0.4, 0.5) is 11.4 Å². The van der Waals surface area contributed by atoms with Crippen LogP contribution in [-0.4, -0.2) is 20.4 Å². The van der Waals surface area contributed by atoms with E-state index in [-0.39, 0.29) is 0 Å². The number of nitrogen functional groups attached to an aromatic ring is 2. The minimum absolute atomic E-state index is 0.465. The van der Waals surface area contributed by atoms with E-state index in [0.29, 0.717) is 34.9 Å². The molecule has 10 heteroatoms. The molecule has 0 saturated heterocycles. The zero-order valence-electron chi connectivity index (χ0n) is 19.8. The van der Waals surface area contributed by atoms with Crippen molar-refractivity contribution in [2.24, 2.45) is 0 Å². The van der Waals surface area contributed by atoms with Gasteiger partial charge in [0.1, 0.15) is 0 Å². The van der Waals surface area contributed by atoms with Crippen molar-refractivity contribution >= 4 is 43.2 Å². The number of nitrogens with zero attached hydrogens (tertiary/aromatic N) is 4. The van der Waals surface area contributed by atoms with E-state index in [4.69, 9.17) is 20.3 Å².